The highest BCUT2D eigenvalue weighted by atomic mass is 16.4. The number of aliphatic hydroxyl groups excluding tert-OH is 1. The highest BCUT2D eigenvalue weighted by molar-refractivity contribution is 5.89. The Labute approximate surface area is 63.8 Å². The summed E-state index contributed by atoms with van der Waals surface area (Å²) in [5.74, 6) is -0.910. The van der Waals surface area contributed by atoms with Crippen molar-refractivity contribution >= 4 is 11.8 Å². The molecule has 0 aromatic heterocycles. The molecule has 0 amide bonds. The monoisotopic (exact) mass is 158 g/mol. The summed E-state index contributed by atoms with van der Waals surface area (Å²) in [7, 11) is 1.50. The van der Waals surface area contributed by atoms with Crippen molar-refractivity contribution in [2.45, 2.75) is 18.6 Å². The molecule has 1 aliphatic rings. The molecule has 0 aliphatic carbocycles. The zero-order valence-electron chi connectivity index (χ0n) is 6.11. The SMILES string of the molecule is CN1C(=N)CC(O)C1C(=O)O. The second-order valence-corrected chi connectivity index (χ2v) is 2.61. The van der Waals surface area contributed by atoms with Gasteiger partial charge in [0.25, 0.3) is 0 Å². The summed E-state index contributed by atoms with van der Waals surface area (Å²) in [5.41, 5.74) is 0. The minimum absolute atomic E-state index is 0.132. The van der Waals surface area contributed by atoms with Crippen LogP contribution in [0.1, 0.15) is 6.42 Å². The molecule has 1 aliphatic heterocycles. The third-order valence-electron chi connectivity index (χ3n) is 1.86. The third-order valence-corrected chi connectivity index (χ3v) is 1.86. The smallest absolute Gasteiger partial charge is 0.329 e. The van der Waals surface area contributed by atoms with Gasteiger partial charge in [0.05, 0.1) is 11.9 Å². The topological polar surface area (TPSA) is 84.6 Å². The lowest BCUT2D eigenvalue weighted by atomic mass is 10.2. The molecule has 0 spiro atoms. The number of aliphatic hydroxyl groups is 1. The lowest BCUT2D eigenvalue weighted by molar-refractivity contribution is -0.143. The molecule has 0 aromatic carbocycles. The van der Waals surface area contributed by atoms with Gasteiger partial charge in [0.15, 0.2) is 6.04 Å². The van der Waals surface area contributed by atoms with Crippen LogP contribution in [0.4, 0.5) is 0 Å². The Balaban J connectivity index is 2.79. The number of likely N-dealkylation sites (tertiary alicyclic amines) is 1. The lowest BCUT2D eigenvalue weighted by Gasteiger charge is -2.18. The van der Waals surface area contributed by atoms with E-state index in [1.165, 1.54) is 11.9 Å². The predicted molar refractivity (Wildman–Crippen MR) is 37.5 cm³/mol. The average molecular weight is 158 g/mol. The molecule has 0 radical (unpaired) electrons. The average Bonchev–Trinajstić information content (AvgIpc) is 2.07. The zero-order valence-corrected chi connectivity index (χ0v) is 6.11. The van der Waals surface area contributed by atoms with E-state index in [2.05, 4.69) is 0 Å². The van der Waals surface area contributed by atoms with Crippen LogP contribution >= 0.6 is 0 Å². The molecule has 3 N–H and O–H groups in total. The Hall–Kier alpha value is -1.10. The van der Waals surface area contributed by atoms with Gasteiger partial charge in [-0.1, -0.05) is 0 Å². The van der Waals surface area contributed by atoms with Gasteiger partial charge in [-0.2, -0.15) is 0 Å². The van der Waals surface area contributed by atoms with Gasteiger partial charge in [-0.3, -0.25) is 5.41 Å². The number of rotatable bonds is 1. The number of likely N-dealkylation sites (N-methyl/N-ethyl adjacent to an activating group) is 1. The van der Waals surface area contributed by atoms with Crippen LogP contribution in [0, 0.1) is 5.41 Å². The van der Waals surface area contributed by atoms with E-state index in [4.69, 9.17) is 15.6 Å². The molecule has 2 atom stereocenters. The van der Waals surface area contributed by atoms with Crippen molar-refractivity contribution in [1.29, 1.82) is 5.41 Å². The van der Waals surface area contributed by atoms with E-state index >= 15 is 0 Å². The molecule has 0 bridgehead atoms. The first-order valence-corrected chi connectivity index (χ1v) is 3.25. The largest absolute Gasteiger partial charge is 0.480 e. The number of nitrogens with zero attached hydrogens (tertiary/aromatic N) is 1. The Morgan fingerprint density at radius 2 is 2.36 bits per heavy atom. The van der Waals surface area contributed by atoms with E-state index < -0.39 is 18.1 Å². The molecule has 62 valence electrons. The van der Waals surface area contributed by atoms with Gasteiger partial charge in [-0.25, -0.2) is 4.79 Å². The van der Waals surface area contributed by atoms with Crippen LogP contribution in [0.3, 0.4) is 0 Å². The number of hydrogen-bond acceptors (Lipinski definition) is 3. The standard InChI is InChI=1S/C6H10N2O3/c1-8-4(7)2-3(9)5(8)6(10)11/h3,5,7,9H,2H2,1H3,(H,10,11). The van der Waals surface area contributed by atoms with Crippen molar-refractivity contribution in [3.05, 3.63) is 0 Å². The first kappa shape index (κ1) is 8.00. The molecule has 0 saturated carbocycles. The summed E-state index contributed by atoms with van der Waals surface area (Å²) in [4.78, 5) is 11.7. The predicted octanol–water partition coefficient (Wildman–Crippen LogP) is -0.887. The fraction of sp³-hybridized carbons (Fsp3) is 0.667. The first-order valence-electron chi connectivity index (χ1n) is 3.25. The van der Waals surface area contributed by atoms with Crippen LogP contribution in [-0.2, 0) is 4.79 Å². The van der Waals surface area contributed by atoms with Gasteiger partial charge in [0.1, 0.15) is 0 Å². The molecule has 1 heterocycles. The van der Waals surface area contributed by atoms with Gasteiger partial charge in [-0.05, 0) is 0 Å². The third kappa shape index (κ3) is 1.19. The van der Waals surface area contributed by atoms with Gasteiger partial charge >= 0.3 is 5.97 Å². The van der Waals surface area contributed by atoms with Crippen LogP contribution in [-0.4, -0.2) is 46.1 Å². The highest BCUT2D eigenvalue weighted by Gasteiger charge is 2.38. The van der Waals surface area contributed by atoms with Crippen molar-refractivity contribution in [2.75, 3.05) is 7.05 Å². The van der Waals surface area contributed by atoms with E-state index in [0.29, 0.717) is 0 Å². The van der Waals surface area contributed by atoms with Crippen molar-refractivity contribution in [2.24, 2.45) is 0 Å². The normalized spacial score (nSPS) is 31.1. The van der Waals surface area contributed by atoms with Crippen molar-refractivity contribution in [1.82, 2.24) is 4.90 Å². The fourth-order valence-corrected chi connectivity index (χ4v) is 1.21. The van der Waals surface area contributed by atoms with Crippen LogP contribution in [0.2, 0.25) is 0 Å². The van der Waals surface area contributed by atoms with Gasteiger partial charge in [0, 0.05) is 13.5 Å². The molecule has 1 fully saturated rings. The second kappa shape index (κ2) is 2.50. The highest BCUT2D eigenvalue weighted by Crippen LogP contribution is 2.17. The van der Waals surface area contributed by atoms with Crippen LogP contribution in [0.25, 0.3) is 0 Å². The maximum atomic E-state index is 10.5. The number of carbonyl (C=O) groups is 1. The molecule has 5 nitrogen and oxygen atoms in total. The molecular formula is C6H10N2O3. The van der Waals surface area contributed by atoms with Crippen molar-refractivity contribution in [3.8, 4) is 0 Å². The van der Waals surface area contributed by atoms with Crippen molar-refractivity contribution < 1.29 is 15.0 Å². The number of amidine groups is 1. The summed E-state index contributed by atoms with van der Waals surface area (Å²) in [6.07, 6.45) is -0.807. The Morgan fingerprint density at radius 1 is 1.82 bits per heavy atom. The number of nitrogens with one attached hydrogen (secondary N) is 1. The number of hydrogen-bond donors (Lipinski definition) is 3. The van der Waals surface area contributed by atoms with Gasteiger partial charge < -0.3 is 15.1 Å². The molecule has 1 saturated heterocycles. The zero-order chi connectivity index (χ0) is 8.59. The summed E-state index contributed by atoms with van der Waals surface area (Å²) in [6, 6.07) is -0.942. The van der Waals surface area contributed by atoms with Crippen LogP contribution in [0.15, 0.2) is 0 Å². The molecule has 11 heavy (non-hydrogen) atoms. The van der Waals surface area contributed by atoms with E-state index in [0.717, 1.165) is 0 Å². The molecular weight excluding hydrogens is 148 g/mol. The van der Waals surface area contributed by atoms with Crippen molar-refractivity contribution in [3.63, 3.8) is 0 Å². The summed E-state index contributed by atoms with van der Waals surface area (Å²) in [6.45, 7) is 0. The Morgan fingerprint density at radius 3 is 2.55 bits per heavy atom. The quantitative estimate of drug-likeness (QED) is 0.462. The Kier molecular flexibility index (Phi) is 1.82. The minimum atomic E-state index is -1.08. The van der Waals surface area contributed by atoms with E-state index in [1.807, 2.05) is 0 Å². The minimum Gasteiger partial charge on any atom is -0.480 e. The molecule has 5 heteroatoms. The maximum absolute atomic E-state index is 10.5. The lowest BCUT2D eigenvalue weighted by Crippen LogP contribution is -2.40. The maximum Gasteiger partial charge on any atom is 0.329 e. The summed E-state index contributed by atoms with van der Waals surface area (Å²) >= 11 is 0. The second-order valence-electron chi connectivity index (χ2n) is 2.61. The number of aliphatic carboxylic acids is 1. The number of carboxylic acid groups (broad SMARTS) is 1. The van der Waals surface area contributed by atoms with Gasteiger partial charge in [0.2, 0.25) is 0 Å². The number of carboxylic acids is 1. The Bertz CT molecular complexity index is 204. The molecule has 1 rings (SSSR count). The van der Waals surface area contributed by atoms with Gasteiger partial charge in [-0.15, -0.1) is 0 Å². The summed E-state index contributed by atoms with van der Waals surface area (Å²) < 4.78 is 0. The van der Waals surface area contributed by atoms with E-state index in [9.17, 15) is 4.79 Å². The molecule has 0 aromatic rings. The van der Waals surface area contributed by atoms with E-state index in [-0.39, 0.29) is 12.3 Å². The van der Waals surface area contributed by atoms with Crippen LogP contribution < -0.4 is 0 Å². The first-order chi connectivity index (χ1) is 5.04. The fourth-order valence-electron chi connectivity index (χ4n) is 1.21. The van der Waals surface area contributed by atoms with Crippen LogP contribution in [0.5, 0.6) is 0 Å². The molecule has 2 unspecified atom stereocenters. The van der Waals surface area contributed by atoms with E-state index in [1.54, 1.807) is 0 Å². The summed E-state index contributed by atoms with van der Waals surface area (Å²) in [5, 5.41) is 24.9.